The second-order valence-corrected chi connectivity index (χ2v) is 6.17. The third kappa shape index (κ3) is 2.41. The van der Waals surface area contributed by atoms with Gasteiger partial charge in [-0.2, -0.15) is 0 Å². The van der Waals surface area contributed by atoms with Gasteiger partial charge >= 0.3 is 5.97 Å². The van der Waals surface area contributed by atoms with Crippen molar-refractivity contribution in [2.45, 2.75) is 26.2 Å². The highest BCUT2D eigenvalue weighted by Gasteiger charge is 2.53. The third-order valence-electron chi connectivity index (χ3n) is 4.95. The summed E-state index contributed by atoms with van der Waals surface area (Å²) >= 11 is 0. The summed E-state index contributed by atoms with van der Waals surface area (Å²) in [5.41, 5.74) is 1.19. The van der Waals surface area contributed by atoms with Crippen LogP contribution in [0.25, 0.3) is 0 Å². The molecule has 4 atom stereocenters. The number of carbonyl (C=O) groups excluding carboxylic acids is 1. The number of carboxylic acids is 1. The van der Waals surface area contributed by atoms with E-state index in [1.54, 1.807) is 6.92 Å². The van der Waals surface area contributed by atoms with E-state index < -0.39 is 17.8 Å². The summed E-state index contributed by atoms with van der Waals surface area (Å²) in [5, 5.41) is 12.2. The zero-order chi connectivity index (χ0) is 15.1. The van der Waals surface area contributed by atoms with Gasteiger partial charge in [0.2, 0.25) is 5.91 Å². The lowest BCUT2D eigenvalue weighted by molar-refractivity contribution is -0.148. The summed E-state index contributed by atoms with van der Waals surface area (Å²) < 4.78 is 13.1. The number of anilines is 1. The fourth-order valence-electron chi connectivity index (χ4n) is 4.01. The number of nitrogens with one attached hydrogen (secondary N) is 1. The maximum atomic E-state index is 13.1. The minimum absolute atomic E-state index is 0.123. The van der Waals surface area contributed by atoms with E-state index in [0.29, 0.717) is 11.3 Å². The average Bonchev–Trinajstić information content (AvgIpc) is 3.02. The van der Waals surface area contributed by atoms with Crippen molar-refractivity contribution < 1.29 is 19.1 Å². The number of carbonyl (C=O) groups is 2. The van der Waals surface area contributed by atoms with Gasteiger partial charge in [-0.3, -0.25) is 9.59 Å². The third-order valence-corrected chi connectivity index (χ3v) is 4.95. The summed E-state index contributed by atoms with van der Waals surface area (Å²) in [6.07, 6.45) is 2.66. The molecule has 2 saturated carbocycles. The van der Waals surface area contributed by atoms with Crippen molar-refractivity contribution in [1.82, 2.24) is 0 Å². The molecule has 4 nitrogen and oxygen atoms in total. The van der Waals surface area contributed by atoms with Gasteiger partial charge in [-0.1, -0.05) is 0 Å². The molecule has 21 heavy (non-hydrogen) atoms. The van der Waals surface area contributed by atoms with Crippen molar-refractivity contribution in [1.29, 1.82) is 0 Å². The van der Waals surface area contributed by atoms with Gasteiger partial charge in [0.25, 0.3) is 0 Å². The van der Waals surface area contributed by atoms with E-state index in [2.05, 4.69) is 5.32 Å². The largest absolute Gasteiger partial charge is 0.481 e. The molecule has 2 aliphatic rings. The molecule has 0 unspecified atom stereocenters. The summed E-state index contributed by atoms with van der Waals surface area (Å²) in [4.78, 5) is 23.9. The molecule has 0 aromatic heterocycles. The van der Waals surface area contributed by atoms with Crippen LogP contribution in [0.15, 0.2) is 18.2 Å². The van der Waals surface area contributed by atoms with Gasteiger partial charge in [-0.05, 0) is 61.8 Å². The fraction of sp³-hybridized carbons (Fsp3) is 0.500. The molecule has 0 heterocycles. The van der Waals surface area contributed by atoms with E-state index in [1.165, 1.54) is 18.2 Å². The highest BCUT2D eigenvalue weighted by atomic mass is 19.1. The predicted octanol–water partition coefficient (Wildman–Crippen LogP) is 2.82. The molecule has 0 spiro atoms. The summed E-state index contributed by atoms with van der Waals surface area (Å²) in [6, 6.07) is 4.16. The first-order valence-corrected chi connectivity index (χ1v) is 7.27. The number of halogens is 1. The second kappa shape index (κ2) is 5.13. The minimum atomic E-state index is -0.877. The van der Waals surface area contributed by atoms with Gasteiger partial charge in [-0.15, -0.1) is 0 Å². The van der Waals surface area contributed by atoms with E-state index in [-0.39, 0.29) is 23.6 Å². The number of amides is 1. The Morgan fingerprint density at radius 2 is 1.90 bits per heavy atom. The Morgan fingerprint density at radius 1 is 1.24 bits per heavy atom. The molecule has 3 rings (SSSR count). The zero-order valence-electron chi connectivity index (χ0n) is 11.8. The van der Waals surface area contributed by atoms with Gasteiger partial charge in [-0.25, -0.2) is 4.39 Å². The fourth-order valence-corrected chi connectivity index (χ4v) is 4.01. The van der Waals surface area contributed by atoms with Crippen molar-refractivity contribution in [3.8, 4) is 0 Å². The summed E-state index contributed by atoms with van der Waals surface area (Å²) in [7, 11) is 0. The Balaban J connectivity index is 1.80. The highest BCUT2D eigenvalue weighted by molar-refractivity contribution is 5.96. The van der Waals surface area contributed by atoms with E-state index in [4.69, 9.17) is 0 Å². The molecular formula is C16H18FNO3. The van der Waals surface area contributed by atoms with Gasteiger partial charge in [0.1, 0.15) is 5.82 Å². The number of hydrogen-bond donors (Lipinski definition) is 2. The van der Waals surface area contributed by atoms with Gasteiger partial charge in [0.05, 0.1) is 11.8 Å². The van der Waals surface area contributed by atoms with Crippen molar-refractivity contribution in [2.75, 3.05) is 5.32 Å². The van der Waals surface area contributed by atoms with Crippen LogP contribution >= 0.6 is 0 Å². The normalized spacial score (nSPS) is 30.4. The molecule has 1 aromatic rings. The van der Waals surface area contributed by atoms with Crippen LogP contribution in [0.3, 0.4) is 0 Å². The van der Waals surface area contributed by atoms with Gasteiger partial charge in [0, 0.05) is 5.69 Å². The Labute approximate surface area is 122 Å². The first-order chi connectivity index (χ1) is 9.97. The molecule has 2 bridgehead atoms. The van der Waals surface area contributed by atoms with Gasteiger partial charge < -0.3 is 10.4 Å². The maximum Gasteiger partial charge on any atom is 0.307 e. The van der Waals surface area contributed by atoms with Crippen LogP contribution in [0.4, 0.5) is 10.1 Å². The monoisotopic (exact) mass is 291 g/mol. The number of fused-ring (bicyclic) bond motifs is 2. The standard InChI is InChI=1S/C16H18FNO3/c1-8-6-11(17)4-5-12(8)18-15(19)13-9-2-3-10(7-9)14(13)16(20)21/h4-6,9-10,13-14H,2-3,7H2,1H3,(H,18,19)(H,20,21)/t9-,10+,13-,14+/m1/s1. The van der Waals surface area contributed by atoms with Crippen molar-refractivity contribution >= 4 is 17.6 Å². The lowest BCUT2D eigenvalue weighted by Gasteiger charge is -2.27. The second-order valence-electron chi connectivity index (χ2n) is 6.17. The van der Waals surface area contributed by atoms with Crippen LogP contribution in [-0.2, 0) is 9.59 Å². The molecular weight excluding hydrogens is 273 g/mol. The molecule has 0 radical (unpaired) electrons. The van der Waals surface area contributed by atoms with E-state index in [1.807, 2.05) is 0 Å². The molecule has 2 fully saturated rings. The maximum absolute atomic E-state index is 13.1. The number of hydrogen-bond acceptors (Lipinski definition) is 2. The highest BCUT2D eigenvalue weighted by Crippen LogP contribution is 2.52. The van der Waals surface area contributed by atoms with Crippen LogP contribution < -0.4 is 5.32 Å². The Kier molecular flexibility index (Phi) is 3.43. The Bertz CT molecular complexity index is 601. The SMILES string of the molecule is Cc1cc(F)ccc1NC(=O)[C@@H]1[C@@H]2CC[C@@H](C2)[C@@H]1C(=O)O. The number of benzene rings is 1. The van der Waals surface area contributed by atoms with E-state index in [9.17, 15) is 19.1 Å². The molecule has 0 saturated heterocycles. The average molecular weight is 291 g/mol. The van der Waals surface area contributed by atoms with Crippen molar-refractivity contribution in [2.24, 2.45) is 23.7 Å². The number of aliphatic carboxylic acids is 1. The number of rotatable bonds is 3. The van der Waals surface area contributed by atoms with Gasteiger partial charge in [0.15, 0.2) is 0 Å². The predicted molar refractivity (Wildman–Crippen MR) is 75.2 cm³/mol. The van der Waals surface area contributed by atoms with Crippen LogP contribution in [0.2, 0.25) is 0 Å². The summed E-state index contributed by atoms with van der Waals surface area (Å²) in [6.45, 7) is 1.72. The van der Waals surface area contributed by atoms with Crippen molar-refractivity contribution in [3.05, 3.63) is 29.6 Å². The zero-order valence-corrected chi connectivity index (χ0v) is 11.8. The first kappa shape index (κ1) is 14.0. The van der Waals surface area contributed by atoms with Crippen LogP contribution in [0, 0.1) is 36.4 Å². The van der Waals surface area contributed by atoms with Crippen LogP contribution in [-0.4, -0.2) is 17.0 Å². The molecule has 1 aromatic carbocycles. The van der Waals surface area contributed by atoms with E-state index >= 15 is 0 Å². The number of aryl methyl sites for hydroxylation is 1. The first-order valence-electron chi connectivity index (χ1n) is 7.27. The smallest absolute Gasteiger partial charge is 0.307 e. The molecule has 2 N–H and O–H groups in total. The lowest BCUT2D eigenvalue weighted by atomic mass is 9.78. The molecule has 1 amide bonds. The summed E-state index contributed by atoms with van der Waals surface area (Å²) in [5.74, 6) is -2.24. The molecule has 5 heteroatoms. The molecule has 112 valence electrons. The Hall–Kier alpha value is -1.91. The quantitative estimate of drug-likeness (QED) is 0.900. The van der Waals surface area contributed by atoms with Crippen LogP contribution in [0.5, 0.6) is 0 Å². The van der Waals surface area contributed by atoms with Crippen molar-refractivity contribution in [3.63, 3.8) is 0 Å². The molecule has 2 aliphatic carbocycles. The minimum Gasteiger partial charge on any atom is -0.481 e. The van der Waals surface area contributed by atoms with Crippen LogP contribution in [0.1, 0.15) is 24.8 Å². The molecule has 0 aliphatic heterocycles. The lowest BCUT2D eigenvalue weighted by Crippen LogP contribution is -2.38. The number of carboxylic acid groups (broad SMARTS) is 1. The van der Waals surface area contributed by atoms with E-state index in [0.717, 1.165) is 19.3 Å². The topological polar surface area (TPSA) is 66.4 Å². The Morgan fingerprint density at radius 3 is 2.52 bits per heavy atom.